The van der Waals surface area contributed by atoms with Gasteiger partial charge in [-0.2, -0.15) is 0 Å². The number of carbonyl (C=O) groups is 1. The van der Waals surface area contributed by atoms with Crippen LogP contribution in [-0.4, -0.2) is 35.5 Å². The van der Waals surface area contributed by atoms with Gasteiger partial charge in [-0.15, -0.1) is 10.2 Å². The molecule has 0 radical (unpaired) electrons. The molecule has 1 heterocycles. The SMILES string of the molecule is CCNc1nnc(SCC(=O)NCc2cccc(OC)c2)s1. The first kappa shape index (κ1) is 16.6. The highest BCUT2D eigenvalue weighted by atomic mass is 32.2. The second kappa shape index (κ2) is 8.60. The van der Waals surface area contributed by atoms with Crippen LogP contribution >= 0.6 is 23.1 Å². The van der Waals surface area contributed by atoms with E-state index in [1.807, 2.05) is 31.2 Å². The van der Waals surface area contributed by atoms with Gasteiger partial charge in [-0.05, 0) is 24.6 Å². The van der Waals surface area contributed by atoms with Gasteiger partial charge in [-0.1, -0.05) is 35.2 Å². The predicted molar refractivity (Wildman–Crippen MR) is 89.6 cm³/mol. The Bertz CT molecular complexity index is 618. The molecule has 22 heavy (non-hydrogen) atoms. The van der Waals surface area contributed by atoms with E-state index in [1.165, 1.54) is 23.1 Å². The van der Waals surface area contributed by atoms with E-state index in [2.05, 4.69) is 20.8 Å². The van der Waals surface area contributed by atoms with Crippen molar-refractivity contribution >= 4 is 34.1 Å². The standard InChI is InChI=1S/C14H18N4O2S2/c1-3-15-13-17-18-14(22-13)21-9-12(19)16-8-10-5-4-6-11(7-10)20-2/h4-7H,3,8-9H2,1-2H3,(H,15,17)(H,16,19). The molecule has 0 saturated carbocycles. The summed E-state index contributed by atoms with van der Waals surface area (Å²) in [7, 11) is 1.62. The van der Waals surface area contributed by atoms with Gasteiger partial charge in [-0.3, -0.25) is 4.79 Å². The number of rotatable bonds is 8. The summed E-state index contributed by atoms with van der Waals surface area (Å²) in [5.74, 6) is 1.07. The minimum atomic E-state index is -0.0342. The van der Waals surface area contributed by atoms with Crippen LogP contribution in [0.25, 0.3) is 0 Å². The van der Waals surface area contributed by atoms with Crippen LogP contribution in [0, 0.1) is 0 Å². The molecule has 2 rings (SSSR count). The Morgan fingerprint density at radius 2 is 2.27 bits per heavy atom. The molecule has 0 spiro atoms. The number of thioether (sulfide) groups is 1. The summed E-state index contributed by atoms with van der Waals surface area (Å²) in [6.07, 6.45) is 0. The summed E-state index contributed by atoms with van der Waals surface area (Å²) in [6.45, 7) is 3.29. The smallest absolute Gasteiger partial charge is 0.230 e. The van der Waals surface area contributed by atoms with Crippen molar-refractivity contribution in [2.24, 2.45) is 0 Å². The van der Waals surface area contributed by atoms with E-state index < -0.39 is 0 Å². The number of anilines is 1. The minimum absolute atomic E-state index is 0.0342. The van der Waals surface area contributed by atoms with E-state index in [9.17, 15) is 4.79 Å². The third-order valence-corrected chi connectivity index (χ3v) is 4.70. The molecule has 1 aromatic heterocycles. The zero-order valence-electron chi connectivity index (χ0n) is 12.5. The van der Waals surface area contributed by atoms with Crippen LogP contribution in [0.4, 0.5) is 5.13 Å². The van der Waals surface area contributed by atoms with E-state index >= 15 is 0 Å². The van der Waals surface area contributed by atoms with Crippen molar-refractivity contribution < 1.29 is 9.53 Å². The Morgan fingerprint density at radius 1 is 1.41 bits per heavy atom. The van der Waals surface area contributed by atoms with Crippen molar-refractivity contribution in [1.82, 2.24) is 15.5 Å². The van der Waals surface area contributed by atoms with E-state index in [0.717, 1.165) is 27.3 Å². The molecule has 6 nitrogen and oxygen atoms in total. The predicted octanol–water partition coefficient (Wildman–Crippen LogP) is 2.39. The summed E-state index contributed by atoms with van der Waals surface area (Å²) < 4.78 is 5.94. The van der Waals surface area contributed by atoms with Crippen LogP contribution in [0.3, 0.4) is 0 Å². The number of hydrogen-bond acceptors (Lipinski definition) is 7. The van der Waals surface area contributed by atoms with E-state index in [-0.39, 0.29) is 5.91 Å². The van der Waals surface area contributed by atoms with Gasteiger partial charge >= 0.3 is 0 Å². The number of methoxy groups -OCH3 is 1. The third kappa shape index (κ3) is 5.19. The lowest BCUT2D eigenvalue weighted by atomic mass is 10.2. The molecule has 0 atom stereocenters. The molecule has 1 aromatic carbocycles. The molecular weight excluding hydrogens is 320 g/mol. The number of ether oxygens (including phenoxy) is 1. The molecule has 0 fully saturated rings. The average Bonchev–Trinajstić information content (AvgIpc) is 2.99. The maximum absolute atomic E-state index is 11.9. The first-order valence-electron chi connectivity index (χ1n) is 6.81. The fourth-order valence-electron chi connectivity index (χ4n) is 1.65. The van der Waals surface area contributed by atoms with Crippen molar-refractivity contribution in [2.45, 2.75) is 17.8 Å². The van der Waals surface area contributed by atoms with Gasteiger partial charge in [0.2, 0.25) is 11.0 Å². The van der Waals surface area contributed by atoms with Gasteiger partial charge < -0.3 is 15.4 Å². The van der Waals surface area contributed by atoms with E-state index in [4.69, 9.17) is 4.74 Å². The number of amides is 1. The van der Waals surface area contributed by atoms with Gasteiger partial charge in [0.05, 0.1) is 12.9 Å². The number of nitrogens with zero attached hydrogens (tertiary/aromatic N) is 2. The first-order valence-corrected chi connectivity index (χ1v) is 8.61. The Hall–Kier alpha value is -1.80. The quantitative estimate of drug-likeness (QED) is 0.720. The molecule has 0 bridgehead atoms. The maximum Gasteiger partial charge on any atom is 0.230 e. The van der Waals surface area contributed by atoms with Gasteiger partial charge in [-0.25, -0.2) is 0 Å². The highest BCUT2D eigenvalue weighted by Crippen LogP contribution is 2.25. The zero-order chi connectivity index (χ0) is 15.8. The number of aromatic nitrogens is 2. The minimum Gasteiger partial charge on any atom is -0.497 e. The van der Waals surface area contributed by atoms with Gasteiger partial charge in [0.15, 0.2) is 4.34 Å². The zero-order valence-corrected chi connectivity index (χ0v) is 14.1. The fraction of sp³-hybridized carbons (Fsp3) is 0.357. The molecule has 118 valence electrons. The van der Waals surface area contributed by atoms with Crippen LogP contribution in [0.1, 0.15) is 12.5 Å². The Labute approximate surface area is 137 Å². The van der Waals surface area contributed by atoms with Crippen molar-refractivity contribution in [3.63, 3.8) is 0 Å². The molecule has 0 aliphatic carbocycles. The summed E-state index contributed by atoms with van der Waals surface area (Å²) in [6, 6.07) is 7.63. The molecule has 0 saturated heterocycles. The van der Waals surface area contributed by atoms with Gasteiger partial charge in [0, 0.05) is 13.1 Å². The topological polar surface area (TPSA) is 76.1 Å². The second-order valence-electron chi connectivity index (χ2n) is 4.32. The normalized spacial score (nSPS) is 10.3. The summed E-state index contributed by atoms with van der Waals surface area (Å²) in [5.41, 5.74) is 1.00. The second-order valence-corrected chi connectivity index (χ2v) is 6.52. The average molecular weight is 338 g/mol. The Morgan fingerprint density at radius 3 is 3.05 bits per heavy atom. The fourth-order valence-corrected chi connectivity index (χ4v) is 3.30. The van der Waals surface area contributed by atoms with Crippen LogP contribution < -0.4 is 15.4 Å². The van der Waals surface area contributed by atoms with Crippen molar-refractivity contribution in [1.29, 1.82) is 0 Å². The van der Waals surface area contributed by atoms with Crippen molar-refractivity contribution in [2.75, 3.05) is 24.7 Å². The molecule has 8 heteroatoms. The molecule has 0 unspecified atom stereocenters. The molecule has 2 aromatic rings. The molecular formula is C14H18N4O2S2. The highest BCUT2D eigenvalue weighted by molar-refractivity contribution is 8.01. The van der Waals surface area contributed by atoms with Crippen LogP contribution in [0.2, 0.25) is 0 Å². The first-order chi connectivity index (χ1) is 10.7. The van der Waals surface area contributed by atoms with Crippen LogP contribution in [-0.2, 0) is 11.3 Å². The number of nitrogens with one attached hydrogen (secondary N) is 2. The Balaban J connectivity index is 1.75. The van der Waals surface area contributed by atoms with Crippen molar-refractivity contribution in [3.8, 4) is 5.75 Å². The highest BCUT2D eigenvalue weighted by Gasteiger charge is 2.07. The largest absolute Gasteiger partial charge is 0.497 e. The third-order valence-electron chi connectivity index (χ3n) is 2.69. The molecule has 0 aliphatic heterocycles. The van der Waals surface area contributed by atoms with Crippen molar-refractivity contribution in [3.05, 3.63) is 29.8 Å². The number of carbonyl (C=O) groups excluding carboxylic acids is 1. The van der Waals surface area contributed by atoms with Gasteiger partial charge in [0.1, 0.15) is 5.75 Å². The molecule has 0 aliphatic rings. The van der Waals surface area contributed by atoms with E-state index in [0.29, 0.717) is 12.3 Å². The lowest BCUT2D eigenvalue weighted by molar-refractivity contribution is -0.118. The molecule has 1 amide bonds. The lowest BCUT2D eigenvalue weighted by Crippen LogP contribution is -2.24. The summed E-state index contributed by atoms with van der Waals surface area (Å²) in [4.78, 5) is 11.9. The van der Waals surface area contributed by atoms with E-state index in [1.54, 1.807) is 7.11 Å². The lowest BCUT2D eigenvalue weighted by Gasteiger charge is -2.06. The van der Waals surface area contributed by atoms with Crippen LogP contribution in [0.15, 0.2) is 28.6 Å². The number of hydrogen-bond donors (Lipinski definition) is 2. The maximum atomic E-state index is 11.9. The van der Waals surface area contributed by atoms with Gasteiger partial charge in [0.25, 0.3) is 0 Å². The Kier molecular flexibility index (Phi) is 6.47. The monoisotopic (exact) mass is 338 g/mol. The molecule has 2 N–H and O–H groups in total. The van der Waals surface area contributed by atoms with Crippen LogP contribution in [0.5, 0.6) is 5.75 Å². The summed E-state index contributed by atoms with van der Waals surface area (Å²) >= 11 is 2.84. The number of benzene rings is 1. The summed E-state index contributed by atoms with van der Waals surface area (Å²) in [5, 5.41) is 14.8.